The van der Waals surface area contributed by atoms with Crippen LogP contribution in [0.15, 0.2) is 0 Å². The fraction of sp³-hybridized carbons (Fsp3) is 0.786. The van der Waals surface area contributed by atoms with Gasteiger partial charge in [0.05, 0.1) is 6.54 Å². The molecule has 1 aliphatic rings. The van der Waals surface area contributed by atoms with Crippen molar-refractivity contribution in [2.24, 2.45) is 0 Å². The Morgan fingerprint density at radius 2 is 1.71 bits per heavy atom. The van der Waals surface area contributed by atoms with Gasteiger partial charge in [0.15, 0.2) is 0 Å². The molecule has 0 spiro atoms. The highest BCUT2D eigenvalue weighted by Gasteiger charge is 2.21. The zero-order valence-electron chi connectivity index (χ0n) is 12.6. The Balaban J connectivity index is 2.08. The lowest BCUT2D eigenvalue weighted by molar-refractivity contribution is -0.139. The van der Waals surface area contributed by atoms with Gasteiger partial charge in [0.2, 0.25) is 11.8 Å². The summed E-state index contributed by atoms with van der Waals surface area (Å²) in [6, 6.07) is 0. The average Bonchev–Trinajstić information content (AvgIpc) is 2.42. The summed E-state index contributed by atoms with van der Waals surface area (Å²) in [4.78, 5) is 36.9. The van der Waals surface area contributed by atoms with Crippen LogP contribution >= 0.6 is 0 Å². The summed E-state index contributed by atoms with van der Waals surface area (Å²) < 4.78 is 0. The van der Waals surface area contributed by atoms with E-state index in [1.807, 2.05) is 9.80 Å². The van der Waals surface area contributed by atoms with Gasteiger partial charge in [0.1, 0.15) is 0 Å². The average molecular weight is 299 g/mol. The number of hydrogen-bond donors (Lipinski definition) is 2. The quantitative estimate of drug-likeness (QED) is 0.612. The first-order valence-electron chi connectivity index (χ1n) is 7.45. The monoisotopic (exact) mass is 299 g/mol. The molecule has 1 heterocycles. The van der Waals surface area contributed by atoms with Crippen LogP contribution in [0.25, 0.3) is 0 Å². The van der Waals surface area contributed by atoms with Gasteiger partial charge in [0.25, 0.3) is 0 Å². The normalized spacial score (nSPS) is 15.8. The molecule has 0 aromatic carbocycles. The summed E-state index contributed by atoms with van der Waals surface area (Å²) >= 11 is 0. The highest BCUT2D eigenvalue weighted by Crippen LogP contribution is 2.07. The molecule has 0 unspecified atom stereocenters. The van der Waals surface area contributed by atoms with Gasteiger partial charge in [-0.3, -0.25) is 19.3 Å². The van der Waals surface area contributed by atoms with Crippen molar-refractivity contribution in [3.63, 3.8) is 0 Å². The summed E-state index contributed by atoms with van der Waals surface area (Å²) in [6.07, 6.45) is 3.16. The molecule has 7 nitrogen and oxygen atoms in total. The number of rotatable bonds is 8. The molecule has 2 N–H and O–H groups in total. The van der Waals surface area contributed by atoms with Crippen LogP contribution in [0.4, 0.5) is 0 Å². The lowest BCUT2D eigenvalue weighted by Gasteiger charge is -2.33. The van der Waals surface area contributed by atoms with E-state index in [4.69, 9.17) is 5.11 Å². The molecule has 1 fully saturated rings. The van der Waals surface area contributed by atoms with Crippen LogP contribution in [-0.4, -0.2) is 72.0 Å². The fourth-order valence-electron chi connectivity index (χ4n) is 2.35. The molecule has 0 radical (unpaired) electrons. The molecule has 0 aromatic rings. The van der Waals surface area contributed by atoms with Crippen molar-refractivity contribution in [2.45, 2.75) is 32.6 Å². The molecule has 0 aromatic heterocycles. The van der Waals surface area contributed by atoms with E-state index in [1.54, 1.807) is 0 Å². The van der Waals surface area contributed by atoms with Crippen molar-refractivity contribution < 1.29 is 19.5 Å². The number of amides is 2. The number of unbranched alkanes of at least 4 members (excludes halogenated alkanes) is 2. The molecule has 0 saturated carbocycles. The topological polar surface area (TPSA) is 90.0 Å². The summed E-state index contributed by atoms with van der Waals surface area (Å²) in [5, 5.41) is 11.4. The minimum Gasteiger partial charge on any atom is -0.480 e. The van der Waals surface area contributed by atoms with Gasteiger partial charge in [0, 0.05) is 46.1 Å². The standard InChI is InChI=1S/C14H25N3O4/c1-12(18)15-6-4-2-3-5-13(19)17-9-7-16(8-10-17)11-14(20)21/h2-11H2,1H3,(H,15,18)(H,20,21). The van der Waals surface area contributed by atoms with Crippen molar-refractivity contribution in [1.29, 1.82) is 0 Å². The largest absolute Gasteiger partial charge is 0.480 e. The molecule has 1 aliphatic heterocycles. The van der Waals surface area contributed by atoms with E-state index in [2.05, 4.69) is 5.32 Å². The van der Waals surface area contributed by atoms with Crippen LogP contribution in [0, 0.1) is 0 Å². The Labute approximate surface area is 125 Å². The van der Waals surface area contributed by atoms with Crippen LogP contribution in [0.3, 0.4) is 0 Å². The minimum atomic E-state index is -0.825. The van der Waals surface area contributed by atoms with Gasteiger partial charge < -0.3 is 15.3 Å². The molecule has 1 rings (SSSR count). The van der Waals surface area contributed by atoms with Gasteiger partial charge in [-0.05, 0) is 12.8 Å². The SMILES string of the molecule is CC(=O)NCCCCCC(=O)N1CCN(CC(=O)O)CC1. The van der Waals surface area contributed by atoms with E-state index >= 15 is 0 Å². The smallest absolute Gasteiger partial charge is 0.317 e. The van der Waals surface area contributed by atoms with Gasteiger partial charge in [-0.2, -0.15) is 0 Å². The Hall–Kier alpha value is -1.63. The van der Waals surface area contributed by atoms with Crippen LogP contribution in [0.1, 0.15) is 32.6 Å². The predicted octanol–water partition coefficient (Wildman–Crippen LogP) is -0.0883. The lowest BCUT2D eigenvalue weighted by atomic mass is 10.1. The zero-order valence-corrected chi connectivity index (χ0v) is 12.6. The number of carbonyl (C=O) groups excluding carboxylic acids is 2. The van der Waals surface area contributed by atoms with Gasteiger partial charge in [-0.1, -0.05) is 6.42 Å². The number of carboxylic acids is 1. The third-order valence-corrected chi connectivity index (χ3v) is 3.53. The van der Waals surface area contributed by atoms with Crippen molar-refractivity contribution >= 4 is 17.8 Å². The minimum absolute atomic E-state index is 0.0229. The number of hydrogen-bond acceptors (Lipinski definition) is 4. The van der Waals surface area contributed by atoms with Gasteiger partial charge >= 0.3 is 5.97 Å². The highest BCUT2D eigenvalue weighted by atomic mass is 16.4. The van der Waals surface area contributed by atoms with E-state index in [1.165, 1.54) is 6.92 Å². The van der Waals surface area contributed by atoms with E-state index in [9.17, 15) is 14.4 Å². The summed E-state index contributed by atoms with van der Waals surface area (Å²) in [6.45, 7) is 4.67. The van der Waals surface area contributed by atoms with Crippen molar-refractivity contribution in [3.05, 3.63) is 0 Å². The van der Waals surface area contributed by atoms with Crippen LogP contribution in [0.2, 0.25) is 0 Å². The zero-order chi connectivity index (χ0) is 15.7. The Morgan fingerprint density at radius 3 is 2.29 bits per heavy atom. The molecule has 1 saturated heterocycles. The number of nitrogens with one attached hydrogen (secondary N) is 1. The number of piperazine rings is 1. The first-order chi connectivity index (χ1) is 9.99. The van der Waals surface area contributed by atoms with E-state index in [0.29, 0.717) is 39.1 Å². The second kappa shape index (κ2) is 9.33. The molecule has 120 valence electrons. The number of carbonyl (C=O) groups is 3. The molecular weight excluding hydrogens is 274 g/mol. The second-order valence-electron chi connectivity index (χ2n) is 5.34. The fourth-order valence-corrected chi connectivity index (χ4v) is 2.35. The number of nitrogens with zero attached hydrogens (tertiary/aromatic N) is 2. The molecule has 0 bridgehead atoms. The Kier molecular flexibility index (Phi) is 7.74. The summed E-state index contributed by atoms with van der Waals surface area (Å²) in [5.41, 5.74) is 0. The third kappa shape index (κ3) is 7.65. The van der Waals surface area contributed by atoms with Crippen molar-refractivity contribution in [3.8, 4) is 0 Å². The summed E-state index contributed by atoms with van der Waals surface area (Å²) in [7, 11) is 0. The number of carboxylic acid groups (broad SMARTS) is 1. The molecule has 21 heavy (non-hydrogen) atoms. The van der Waals surface area contributed by atoms with E-state index in [-0.39, 0.29) is 18.4 Å². The van der Waals surface area contributed by atoms with Crippen molar-refractivity contribution in [1.82, 2.24) is 15.1 Å². The van der Waals surface area contributed by atoms with Gasteiger partial charge in [-0.15, -0.1) is 0 Å². The number of aliphatic carboxylic acids is 1. The second-order valence-corrected chi connectivity index (χ2v) is 5.34. The van der Waals surface area contributed by atoms with Crippen LogP contribution < -0.4 is 5.32 Å². The predicted molar refractivity (Wildman–Crippen MR) is 77.8 cm³/mol. The van der Waals surface area contributed by atoms with Crippen molar-refractivity contribution in [2.75, 3.05) is 39.3 Å². The lowest BCUT2D eigenvalue weighted by Crippen LogP contribution is -2.49. The molecule has 2 amide bonds. The maximum Gasteiger partial charge on any atom is 0.317 e. The summed E-state index contributed by atoms with van der Waals surface area (Å²) in [5.74, 6) is -0.705. The Morgan fingerprint density at radius 1 is 1.05 bits per heavy atom. The van der Waals surface area contributed by atoms with Crippen LogP contribution in [0.5, 0.6) is 0 Å². The molecule has 7 heteroatoms. The van der Waals surface area contributed by atoms with E-state index in [0.717, 1.165) is 19.3 Å². The third-order valence-electron chi connectivity index (χ3n) is 3.53. The van der Waals surface area contributed by atoms with Gasteiger partial charge in [-0.25, -0.2) is 0 Å². The van der Waals surface area contributed by atoms with Crippen LogP contribution in [-0.2, 0) is 14.4 Å². The molecular formula is C14H25N3O4. The first kappa shape index (κ1) is 17.4. The Bertz CT molecular complexity index is 365. The first-order valence-corrected chi connectivity index (χ1v) is 7.45. The maximum absolute atomic E-state index is 12.0. The maximum atomic E-state index is 12.0. The highest BCUT2D eigenvalue weighted by molar-refractivity contribution is 5.76. The van der Waals surface area contributed by atoms with E-state index < -0.39 is 5.97 Å². The molecule has 0 aliphatic carbocycles. The molecule has 0 atom stereocenters.